The van der Waals surface area contributed by atoms with Crippen molar-refractivity contribution in [2.45, 2.75) is 9.46 Å². The lowest BCUT2D eigenvalue weighted by Crippen LogP contribution is -2.30. The van der Waals surface area contributed by atoms with Crippen molar-refractivity contribution in [2.24, 2.45) is 4.40 Å². The number of halogens is 1. The van der Waals surface area contributed by atoms with E-state index in [-0.39, 0.29) is 15.3 Å². The zero-order valence-electron chi connectivity index (χ0n) is 14.2. The Labute approximate surface area is 175 Å². The van der Waals surface area contributed by atoms with Crippen molar-refractivity contribution in [3.63, 3.8) is 0 Å². The molecule has 4 rings (SSSR count). The number of benzene rings is 2. The molecular weight excluding hydrogens is 436 g/mol. The van der Waals surface area contributed by atoms with Crippen molar-refractivity contribution >= 4 is 61.5 Å². The van der Waals surface area contributed by atoms with Crippen LogP contribution >= 0.6 is 34.7 Å². The molecule has 28 heavy (non-hydrogen) atoms. The van der Waals surface area contributed by atoms with Gasteiger partial charge in [0, 0.05) is 0 Å². The van der Waals surface area contributed by atoms with Crippen LogP contribution in [0.15, 0.2) is 81.4 Å². The summed E-state index contributed by atoms with van der Waals surface area (Å²) in [7, 11) is -3.99. The smallest absolute Gasteiger partial charge is 0.272 e. The van der Waals surface area contributed by atoms with Gasteiger partial charge in [0.05, 0.1) is 10.0 Å². The highest BCUT2D eigenvalue weighted by molar-refractivity contribution is 8.16. The van der Waals surface area contributed by atoms with E-state index in [4.69, 9.17) is 11.6 Å². The summed E-state index contributed by atoms with van der Waals surface area (Å²) in [5, 5.41) is -0.447. The largest absolute Gasteiger partial charge is 0.294 e. The van der Waals surface area contributed by atoms with E-state index in [0.717, 1.165) is 28.7 Å². The summed E-state index contributed by atoms with van der Waals surface area (Å²) < 4.78 is 29.9. The van der Waals surface area contributed by atoms with Crippen LogP contribution in [0.2, 0.25) is 4.34 Å². The van der Waals surface area contributed by atoms with Crippen molar-refractivity contribution in [3.05, 3.63) is 82.7 Å². The average Bonchev–Trinajstić information content (AvgIpc) is 3.27. The number of hydrogen-bond donors (Lipinski definition) is 0. The molecule has 3 aromatic rings. The quantitative estimate of drug-likeness (QED) is 0.565. The number of thioether (sulfide) groups is 1. The Morgan fingerprint density at radius 1 is 0.929 bits per heavy atom. The molecular formula is C19H13ClN2O3S3. The van der Waals surface area contributed by atoms with E-state index < -0.39 is 15.3 Å². The number of carbonyl (C=O) groups excluding carboxylic acids is 1. The number of hydrogen-bond acceptors (Lipinski definition) is 5. The first kappa shape index (κ1) is 19.2. The van der Waals surface area contributed by atoms with Crippen molar-refractivity contribution in [2.75, 3.05) is 4.90 Å². The fourth-order valence-electron chi connectivity index (χ4n) is 2.72. The van der Waals surface area contributed by atoms with Crippen LogP contribution < -0.4 is 4.90 Å². The lowest BCUT2D eigenvalue weighted by molar-refractivity contribution is -0.117. The van der Waals surface area contributed by atoms with Gasteiger partial charge in [-0.1, -0.05) is 71.9 Å². The lowest BCUT2D eigenvalue weighted by Gasteiger charge is -2.16. The third-order valence-electron chi connectivity index (χ3n) is 3.98. The summed E-state index contributed by atoms with van der Waals surface area (Å²) in [6.07, 6.45) is 0. The lowest BCUT2D eigenvalue weighted by atomic mass is 10.1. The van der Waals surface area contributed by atoms with E-state index in [1.54, 1.807) is 24.3 Å². The van der Waals surface area contributed by atoms with Crippen LogP contribution in [0.1, 0.15) is 10.8 Å². The number of thiophene rings is 1. The van der Waals surface area contributed by atoms with Crippen LogP contribution in [0.3, 0.4) is 0 Å². The van der Waals surface area contributed by atoms with Crippen molar-refractivity contribution < 1.29 is 13.2 Å². The Kier molecular flexibility index (Phi) is 5.29. The first-order valence-corrected chi connectivity index (χ1v) is 11.7. The summed E-state index contributed by atoms with van der Waals surface area (Å²) in [6.45, 7) is 0. The molecule has 0 radical (unpaired) electrons. The van der Waals surface area contributed by atoms with Gasteiger partial charge in [-0.2, -0.15) is 8.42 Å². The number of amidine groups is 1. The molecule has 2 aromatic carbocycles. The van der Waals surface area contributed by atoms with Gasteiger partial charge in [0.2, 0.25) is 0 Å². The highest BCUT2D eigenvalue weighted by Gasteiger charge is 2.41. The van der Waals surface area contributed by atoms with Crippen LogP contribution in [-0.2, 0) is 14.8 Å². The highest BCUT2D eigenvalue weighted by Crippen LogP contribution is 2.42. The first-order valence-electron chi connectivity index (χ1n) is 8.17. The molecule has 2 heterocycles. The van der Waals surface area contributed by atoms with Gasteiger partial charge < -0.3 is 0 Å². The monoisotopic (exact) mass is 448 g/mol. The number of rotatable bonds is 4. The minimum absolute atomic E-state index is 0.0363. The third-order valence-corrected chi connectivity index (χ3v) is 8.25. The van der Waals surface area contributed by atoms with E-state index >= 15 is 0 Å². The molecule has 1 aromatic heterocycles. The van der Waals surface area contributed by atoms with Crippen LogP contribution in [0.5, 0.6) is 0 Å². The number of carbonyl (C=O) groups is 1. The fourth-order valence-corrected chi connectivity index (χ4v) is 6.53. The van der Waals surface area contributed by atoms with Gasteiger partial charge in [0.15, 0.2) is 5.17 Å². The van der Waals surface area contributed by atoms with Gasteiger partial charge in [-0.15, -0.1) is 15.7 Å². The normalized spacial score (nSPS) is 18.8. The van der Waals surface area contributed by atoms with Gasteiger partial charge >= 0.3 is 0 Å². The summed E-state index contributed by atoms with van der Waals surface area (Å²) >= 11 is 7.92. The van der Waals surface area contributed by atoms with Crippen LogP contribution in [0.4, 0.5) is 5.69 Å². The highest BCUT2D eigenvalue weighted by atomic mass is 35.5. The van der Waals surface area contributed by atoms with Gasteiger partial charge in [-0.3, -0.25) is 9.69 Å². The van der Waals surface area contributed by atoms with Crippen LogP contribution in [0.25, 0.3) is 0 Å². The topological polar surface area (TPSA) is 66.8 Å². The minimum atomic E-state index is -3.99. The molecule has 1 amide bonds. The molecule has 1 atom stereocenters. The predicted molar refractivity (Wildman–Crippen MR) is 115 cm³/mol. The molecule has 1 aliphatic rings. The first-order chi connectivity index (χ1) is 13.5. The molecule has 1 fully saturated rings. The molecule has 0 bridgehead atoms. The number of nitrogens with zero attached hydrogens (tertiary/aromatic N) is 2. The Morgan fingerprint density at radius 2 is 1.57 bits per heavy atom. The Balaban J connectivity index is 1.80. The van der Waals surface area contributed by atoms with Gasteiger partial charge in [0.25, 0.3) is 15.9 Å². The summed E-state index contributed by atoms with van der Waals surface area (Å²) in [6, 6.07) is 21.0. The summed E-state index contributed by atoms with van der Waals surface area (Å²) in [4.78, 5) is 14.5. The fraction of sp³-hybridized carbons (Fsp3) is 0.0526. The van der Waals surface area contributed by atoms with Gasteiger partial charge in [-0.25, -0.2) is 0 Å². The van der Waals surface area contributed by atoms with E-state index in [1.165, 1.54) is 17.0 Å². The number of para-hydroxylation sites is 1. The van der Waals surface area contributed by atoms with E-state index in [9.17, 15) is 13.2 Å². The molecule has 0 aliphatic carbocycles. The molecule has 1 unspecified atom stereocenters. The van der Waals surface area contributed by atoms with Gasteiger partial charge in [0.1, 0.15) is 9.46 Å². The second kappa shape index (κ2) is 7.71. The van der Waals surface area contributed by atoms with E-state index in [1.807, 2.05) is 36.4 Å². The number of sulfonamides is 1. The molecule has 1 aliphatic heterocycles. The molecule has 0 spiro atoms. The SMILES string of the molecule is O=C1C(c2ccccc2)S/C(=N/S(=O)(=O)c2ccc(Cl)s2)N1c1ccccc1. The zero-order chi connectivity index (χ0) is 19.7. The van der Waals surface area contributed by atoms with Crippen molar-refractivity contribution in [1.29, 1.82) is 0 Å². The molecule has 0 saturated carbocycles. The predicted octanol–water partition coefficient (Wildman–Crippen LogP) is 4.97. The second-order valence-electron chi connectivity index (χ2n) is 5.83. The number of amides is 1. The van der Waals surface area contributed by atoms with Crippen molar-refractivity contribution in [1.82, 2.24) is 0 Å². The van der Waals surface area contributed by atoms with Crippen LogP contribution in [0, 0.1) is 0 Å². The maximum atomic E-state index is 13.2. The minimum Gasteiger partial charge on any atom is -0.272 e. The zero-order valence-corrected chi connectivity index (χ0v) is 17.4. The van der Waals surface area contributed by atoms with Crippen molar-refractivity contribution in [3.8, 4) is 0 Å². The molecule has 1 saturated heterocycles. The molecule has 0 N–H and O–H groups in total. The van der Waals surface area contributed by atoms with E-state index in [0.29, 0.717) is 10.0 Å². The summed E-state index contributed by atoms with van der Waals surface area (Å²) in [5.41, 5.74) is 1.36. The Hall–Kier alpha value is -2.13. The number of anilines is 1. The van der Waals surface area contributed by atoms with Crippen LogP contribution in [-0.4, -0.2) is 19.5 Å². The Bertz CT molecular complexity index is 1150. The molecule has 9 heteroatoms. The second-order valence-corrected chi connectivity index (χ2v) is 10.4. The summed E-state index contributed by atoms with van der Waals surface area (Å²) in [5.74, 6) is -0.236. The third kappa shape index (κ3) is 3.73. The molecule has 142 valence electrons. The molecule has 5 nitrogen and oxygen atoms in total. The van der Waals surface area contributed by atoms with E-state index in [2.05, 4.69) is 4.40 Å². The van der Waals surface area contributed by atoms with Gasteiger partial charge in [-0.05, 0) is 29.8 Å². The Morgan fingerprint density at radius 3 is 2.18 bits per heavy atom. The maximum absolute atomic E-state index is 13.2. The average molecular weight is 449 g/mol. The maximum Gasteiger partial charge on any atom is 0.294 e. The standard InChI is InChI=1S/C19H13ClN2O3S3/c20-15-11-12-16(26-15)28(24,25)21-19-22(14-9-5-2-6-10-14)18(23)17(27-19)13-7-3-1-4-8-13/h1-12,17H/b21-19+.